The quantitative estimate of drug-likeness (QED) is 0.375. The number of rotatable bonds is 3. The van der Waals surface area contributed by atoms with Gasteiger partial charge in [-0.1, -0.05) is 0 Å². The van der Waals surface area contributed by atoms with E-state index in [2.05, 4.69) is 4.99 Å². The Kier molecular flexibility index (Phi) is 3.32. The first-order chi connectivity index (χ1) is 4.59. The van der Waals surface area contributed by atoms with Crippen molar-refractivity contribution in [1.29, 1.82) is 0 Å². The molecule has 0 aliphatic heterocycles. The molecular weight excluding hydrogens is 136 g/mol. The molecule has 56 valence electrons. The summed E-state index contributed by atoms with van der Waals surface area (Å²) in [6.45, 7) is 1.32. The molecule has 0 fully saturated rings. The van der Waals surface area contributed by atoms with E-state index in [-0.39, 0.29) is 0 Å². The Labute approximate surface area is 57.6 Å². The zero-order chi connectivity index (χ0) is 8.15. The van der Waals surface area contributed by atoms with E-state index in [1.54, 1.807) is 0 Å². The summed E-state index contributed by atoms with van der Waals surface area (Å²) in [5.74, 6) is -0.835. The number of aliphatic hydroxyl groups is 1. The molecule has 3 N–H and O–H groups in total. The lowest BCUT2D eigenvalue weighted by molar-refractivity contribution is -0.121. The van der Waals surface area contributed by atoms with Gasteiger partial charge in [0.05, 0.1) is 6.10 Å². The third-order valence-electron chi connectivity index (χ3n) is 0.940. The first-order valence-corrected chi connectivity index (χ1v) is 2.64. The van der Waals surface area contributed by atoms with E-state index < -0.39 is 18.1 Å². The van der Waals surface area contributed by atoms with E-state index in [0.29, 0.717) is 0 Å². The van der Waals surface area contributed by atoms with Gasteiger partial charge < -0.3 is 10.8 Å². The average Bonchev–Trinajstić information content (AvgIpc) is 1.81. The Balaban J connectivity index is 4.26. The highest BCUT2D eigenvalue weighted by atomic mass is 16.3. The molecule has 0 aliphatic carbocycles. The van der Waals surface area contributed by atoms with Crippen LogP contribution in [0.1, 0.15) is 6.92 Å². The van der Waals surface area contributed by atoms with Crippen molar-refractivity contribution in [3.63, 3.8) is 0 Å². The first kappa shape index (κ1) is 8.81. The zero-order valence-electron chi connectivity index (χ0n) is 5.44. The lowest BCUT2D eigenvalue weighted by atomic mass is 10.2. The van der Waals surface area contributed by atoms with Crippen LogP contribution in [0, 0.1) is 0 Å². The Hall–Kier alpha value is -1.19. The van der Waals surface area contributed by atoms with Crippen LogP contribution in [-0.2, 0) is 9.59 Å². The van der Waals surface area contributed by atoms with Gasteiger partial charge in [-0.2, -0.15) is 4.99 Å². The van der Waals surface area contributed by atoms with Gasteiger partial charge in [-0.25, -0.2) is 4.79 Å². The van der Waals surface area contributed by atoms with Gasteiger partial charge in [0.1, 0.15) is 0 Å². The smallest absolute Gasteiger partial charge is 0.245 e. The van der Waals surface area contributed by atoms with Gasteiger partial charge in [0, 0.05) is 0 Å². The molecule has 2 atom stereocenters. The lowest BCUT2D eigenvalue weighted by Crippen LogP contribution is -2.35. The average molecular weight is 144 g/mol. The maximum atomic E-state index is 10.3. The third-order valence-corrected chi connectivity index (χ3v) is 0.940. The van der Waals surface area contributed by atoms with Gasteiger partial charge in [-0.3, -0.25) is 4.79 Å². The van der Waals surface area contributed by atoms with Crippen LogP contribution in [0.15, 0.2) is 4.99 Å². The number of aliphatic hydroxyl groups excluding tert-OH is 1. The number of aliphatic imine (C=N–C) groups is 1. The summed E-state index contributed by atoms with van der Waals surface area (Å²) in [6.07, 6.45) is 0.102. The van der Waals surface area contributed by atoms with E-state index in [4.69, 9.17) is 10.8 Å². The fraction of sp³-hybridized carbons (Fsp3) is 0.600. The molecule has 0 saturated carbocycles. The number of hydrogen-bond acceptors (Lipinski definition) is 4. The normalized spacial score (nSPS) is 15.0. The number of nitrogens with zero attached hydrogens (tertiary/aromatic N) is 1. The fourth-order valence-electron chi connectivity index (χ4n) is 0.466. The monoisotopic (exact) mass is 144 g/mol. The maximum Gasteiger partial charge on any atom is 0.245 e. The van der Waals surface area contributed by atoms with Crippen molar-refractivity contribution in [2.75, 3.05) is 0 Å². The van der Waals surface area contributed by atoms with Crippen molar-refractivity contribution in [1.82, 2.24) is 0 Å². The van der Waals surface area contributed by atoms with Crippen molar-refractivity contribution in [3.8, 4) is 0 Å². The number of isocyanates is 1. The van der Waals surface area contributed by atoms with Crippen molar-refractivity contribution in [2.45, 2.75) is 19.1 Å². The molecule has 0 aromatic rings. The van der Waals surface area contributed by atoms with Gasteiger partial charge in [-0.05, 0) is 6.92 Å². The number of carbonyl (C=O) groups is 1. The van der Waals surface area contributed by atoms with Crippen LogP contribution in [0.4, 0.5) is 0 Å². The van der Waals surface area contributed by atoms with Crippen molar-refractivity contribution in [2.24, 2.45) is 10.7 Å². The standard InChI is InChI=1S/C5H8N2O3/c1-3(9)4(5(6)10)7-2-8/h3-4,9H,1H3,(H2,6,10)/t3-,4+/m1/s1. The van der Waals surface area contributed by atoms with Crippen molar-refractivity contribution < 1.29 is 14.7 Å². The van der Waals surface area contributed by atoms with E-state index in [9.17, 15) is 9.59 Å². The minimum absolute atomic E-state index is 0.835. The van der Waals surface area contributed by atoms with E-state index in [0.717, 1.165) is 6.08 Å². The largest absolute Gasteiger partial charge is 0.391 e. The zero-order valence-corrected chi connectivity index (χ0v) is 5.44. The molecule has 0 heterocycles. The topological polar surface area (TPSA) is 92.8 Å². The van der Waals surface area contributed by atoms with Gasteiger partial charge in [0.25, 0.3) is 0 Å². The molecule has 0 saturated heterocycles. The maximum absolute atomic E-state index is 10.3. The molecule has 0 aromatic carbocycles. The summed E-state index contributed by atoms with van der Waals surface area (Å²) < 4.78 is 0. The number of primary amides is 1. The number of nitrogens with two attached hydrogens (primary N) is 1. The Bertz CT molecular complexity index is 170. The van der Waals surface area contributed by atoms with Crippen LogP contribution in [0.25, 0.3) is 0 Å². The highest BCUT2D eigenvalue weighted by molar-refractivity contribution is 5.81. The van der Waals surface area contributed by atoms with E-state index in [1.807, 2.05) is 0 Å². The molecule has 0 aliphatic rings. The molecule has 0 spiro atoms. The number of amides is 1. The minimum atomic E-state index is -1.17. The molecule has 0 unspecified atom stereocenters. The van der Waals surface area contributed by atoms with Crippen LogP contribution < -0.4 is 5.73 Å². The lowest BCUT2D eigenvalue weighted by Gasteiger charge is -2.07. The molecule has 0 bridgehead atoms. The Morgan fingerprint density at radius 2 is 2.30 bits per heavy atom. The predicted octanol–water partition coefficient (Wildman–Crippen LogP) is -1.44. The fourth-order valence-corrected chi connectivity index (χ4v) is 0.466. The highest BCUT2D eigenvalue weighted by Crippen LogP contribution is 1.95. The van der Waals surface area contributed by atoms with Crippen LogP contribution in [0.2, 0.25) is 0 Å². The highest BCUT2D eigenvalue weighted by Gasteiger charge is 2.19. The second kappa shape index (κ2) is 3.76. The van der Waals surface area contributed by atoms with Crippen LogP contribution in [-0.4, -0.2) is 29.2 Å². The Morgan fingerprint density at radius 3 is 2.40 bits per heavy atom. The van der Waals surface area contributed by atoms with Gasteiger partial charge in [0.2, 0.25) is 12.0 Å². The molecule has 0 radical (unpaired) electrons. The van der Waals surface area contributed by atoms with Crippen molar-refractivity contribution in [3.05, 3.63) is 0 Å². The Morgan fingerprint density at radius 1 is 1.80 bits per heavy atom. The third kappa shape index (κ3) is 2.39. The van der Waals surface area contributed by atoms with Crippen molar-refractivity contribution >= 4 is 12.0 Å². The number of hydrogen-bond donors (Lipinski definition) is 2. The summed E-state index contributed by atoms with van der Waals surface area (Å²) >= 11 is 0. The first-order valence-electron chi connectivity index (χ1n) is 2.64. The summed E-state index contributed by atoms with van der Waals surface area (Å²) in [5, 5.41) is 8.74. The van der Waals surface area contributed by atoms with E-state index >= 15 is 0 Å². The van der Waals surface area contributed by atoms with Gasteiger partial charge in [0.15, 0.2) is 6.04 Å². The second-order valence-electron chi connectivity index (χ2n) is 1.81. The summed E-state index contributed by atoms with van der Waals surface area (Å²) in [5.41, 5.74) is 4.75. The molecule has 0 rings (SSSR count). The van der Waals surface area contributed by atoms with E-state index in [1.165, 1.54) is 6.92 Å². The SMILES string of the molecule is C[C@@H](O)[C@H](N=C=O)C(N)=O. The van der Waals surface area contributed by atoms with Gasteiger partial charge in [-0.15, -0.1) is 0 Å². The molecular formula is C5H8N2O3. The molecule has 1 amide bonds. The number of carbonyl (C=O) groups excluding carboxylic acids is 2. The predicted molar refractivity (Wildman–Crippen MR) is 32.8 cm³/mol. The summed E-state index contributed by atoms with van der Waals surface area (Å²) in [4.78, 5) is 22.9. The summed E-state index contributed by atoms with van der Waals surface area (Å²) in [7, 11) is 0. The molecule has 0 aromatic heterocycles. The van der Waals surface area contributed by atoms with Crippen LogP contribution in [0.3, 0.4) is 0 Å². The molecule has 5 nitrogen and oxygen atoms in total. The molecule has 5 heteroatoms. The minimum Gasteiger partial charge on any atom is -0.391 e. The van der Waals surface area contributed by atoms with Crippen LogP contribution in [0.5, 0.6) is 0 Å². The van der Waals surface area contributed by atoms with Crippen LogP contribution >= 0.6 is 0 Å². The van der Waals surface area contributed by atoms with Gasteiger partial charge >= 0.3 is 0 Å². The summed E-state index contributed by atoms with van der Waals surface area (Å²) in [6, 6.07) is -1.17. The molecule has 10 heavy (non-hydrogen) atoms. The second-order valence-corrected chi connectivity index (χ2v) is 1.81.